The van der Waals surface area contributed by atoms with Gasteiger partial charge in [-0.3, -0.25) is 9.36 Å². The van der Waals surface area contributed by atoms with Gasteiger partial charge in [0.05, 0.1) is 11.2 Å². The van der Waals surface area contributed by atoms with E-state index in [4.69, 9.17) is 16.7 Å². The van der Waals surface area contributed by atoms with E-state index < -0.39 is 0 Å². The average Bonchev–Trinajstić information content (AvgIpc) is 3.12. The van der Waals surface area contributed by atoms with E-state index in [9.17, 15) is 4.79 Å². The van der Waals surface area contributed by atoms with Gasteiger partial charge in [-0.1, -0.05) is 38.1 Å². The number of fused-ring (bicyclic) bond motifs is 1. The topological polar surface area (TPSA) is 58.4 Å². The van der Waals surface area contributed by atoms with Gasteiger partial charge in [0.25, 0.3) is 5.56 Å². The summed E-state index contributed by atoms with van der Waals surface area (Å²) in [6.45, 7) is 9.87. The summed E-state index contributed by atoms with van der Waals surface area (Å²) < 4.78 is 3.18. The Hall–Kier alpha value is -2.41. The maximum absolute atomic E-state index is 13.0. The lowest BCUT2D eigenvalue weighted by Crippen LogP contribution is -2.28. The highest BCUT2D eigenvalue weighted by atomic mass is 35.5. The van der Waals surface area contributed by atoms with E-state index in [0.717, 1.165) is 28.2 Å². The van der Waals surface area contributed by atoms with Gasteiger partial charge < -0.3 is 10.0 Å². The van der Waals surface area contributed by atoms with Gasteiger partial charge in [-0.2, -0.15) is 0 Å². The summed E-state index contributed by atoms with van der Waals surface area (Å²) in [6, 6.07) is 7.13. The molecule has 156 valence electrons. The minimum absolute atomic E-state index is 0.0890. The van der Waals surface area contributed by atoms with E-state index >= 15 is 0 Å². The molecule has 0 fully saturated rings. The number of thiophene rings is 1. The molecule has 0 saturated heterocycles. The highest BCUT2D eigenvalue weighted by Gasteiger charge is 2.13. The Balaban J connectivity index is 0.000000989. The molecule has 0 saturated carbocycles. The first-order valence-corrected chi connectivity index (χ1v) is 10.4. The molecule has 0 aliphatic rings. The summed E-state index contributed by atoms with van der Waals surface area (Å²) in [4.78, 5) is 19.6. The number of likely N-dealkylation sites (N-methyl/N-ethyl adjacent to an activating group) is 1. The van der Waals surface area contributed by atoms with Crippen LogP contribution in [0.3, 0.4) is 0 Å². The molecule has 3 rings (SSSR count). The van der Waals surface area contributed by atoms with Crippen LogP contribution in [-0.4, -0.2) is 40.8 Å². The molecule has 0 unspecified atom stereocenters. The van der Waals surface area contributed by atoms with Crippen LogP contribution < -0.4 is 15.3 Å². The number of rotatable bonds is 3. The van der Waals surface area contributed by atoms with Crippen LogP contribution in [0.2, 0.25) is 5.02 Å². The highest BCUT2D eigenvalue weighted by molar-refractivity contribution is 7.16. The number of hydrogen-bond acceptors (Lipinski definition) is 5. The SMILES string of the molecule is C=C/C(=c1\c(=C/C)sc2c(=O)n(-c3ccc(Cl)cc3)cnc12)N(C)C.CC.CO. The largest absolute Gasteiger partial charge is 0.400 e. The highest BCUT2D eigenvalue weighted by Crippen LogP contribution is 2.14. The molecule has 0 radical (unpaired) electrons. The lowest BCUT2D eigenvalue weighted by molar-refractivity contribution is 0.399. The minimum Gasteiger partial charge on any atom is -0.400 e. The van der Waals surface area contributed by atoms with Crippen molar-refractivity contribution >= 4 is 44.9 Å². The number of nitrogens with zero attached hydrogens (tertiary/aromatic N) is 3. The van der Waals surface area contributed by atoms with Crippen LogP contribution in [0.25, 0.3) is 27.7 Å². The average molecular weight is 434 g/mol. The maximum Gasteiger partial charge on any atom is 0.275 e. The Labute approximate surface area is 180 Å². The Kier molecular flexibility index (Phi) is 9.81. The first-order chi connectivity index (χ1) is 14.0. The van der Waals surface area contributed by atoms with E-state index in [0.29, 0.717) is 15.2 Å². The van der Waals surface area contributed by atoms with Crippen LogP contribution in [-0.2, 0) is 0 Å². The molecule has 0 aliphatic heterocycles. The van der Waals surface area contributed by atoms with Crippen LogP contribution in [0.1, 0.15) is 20.8 Å². The third kappa shape index (κ3) is 5.15. The molecule has 1 N–H and O–H groups in total. The van der Waals surface area contributed by atoms with Crippen molar-refractivity contribution in [1.82, 2.24) is 14.5 Å². The molecule has 3 aromatic rings. The van der Waals surface area contributed by atoms with Gasteiger partial charge in [-0.25, -0.2) is 4.98 Å². The Morgan fingerprint density at radius 2 is 1.83 bits per heavy atom. The van der Waals surface area contributed by atoms with Crippen molar-refractivity contribution in [2.75, 3.05) is 21.2 Å². The third-order valence-electron chi connectivity index (χ3n) is 3.92. The standard InChI is InChI=1S/C19H18ClN3OS.C2H6.CH4O/c1-5-14(22(3)4)16-15(6-2)25-18-17(16)21-11-23(19(18)24)13-9-7-12(20)8-10-13;2*1-2/h5-11H,1H2,2-4H3;1-2H3;2H,1H3/b15-6+,16-14-;;. The van der Waals surface area contributed by atoms with E-state index in [2.05, 4.69) is 11.6 Å². The molecule has 0 bridgehead atoms. The zero-order valence-corrected chi connectivity index (χ0v) is 19.3. The molecule has 2 heterocycles. The minimum atomic E-state index is -0.0890. The quantitative estimate of drug-likeness (QED) is 0.687. The second-order valence-electron chi connectivity index (χ2n) is 5.69. The van der Waals surface area contributed by atoms with Crippen LogP contribution in [0.5, 0.6) is 0 Å². The maximum atomic E-state index is 13.0. The van der Waals surface area contributed by atoms with Gasteiger partial charge in [0.15, 0.2) is 0 Å². The molecular weight excluding hydrogens is 406 g/mol. The molecule has 1 aromatic carbocycles. The van der Waals surface area contributed by atoms with Gasteiger partial charge in [0.1, 0.15) is 11.0 Å². The van der Waals surface area contributed by atoms with Gasteiger partial charge in [0.2, 0.25) is 0 Å². The molecule has 0 atom stereocenters. The van der Waals surface area contributed by atoms with Crippen LogP contribution >= 0.6 is 22.9 Å². The van der Waals surface area contributed by atoms with Gasteiger partial charge in [-0.05, 0) is 37.3 Å². The molecule has 7 heteroatoms. The summed E-state index contributed by atoms with van der Waals surface area (Å²) in [5, 5.41) is 8.58. The number of halogens is 1. The smallest absolute Gasteiger partial charge is 0.275 e. The van der Waals surface area contributed by atoms with E-state index in [-0.39, 0.29) is 5.56 Å². The van der Waals surface area contributed by atoms with Crippen LogP contribution in [0.4, 0.5) is 0 Å². The summed E-state index contributed by atoms with van der Waals surface area (Å²) in [5.41, 5.74) is 2.29. The van der Waals surface area contributed by atoms with Crippen LogP contribution in [0, 0.1) is 0 Å². The van der Waals surface area contributed by atoms with Crippen molar-refractivity contribution < 1.29 is 5.11 Å². The number of aliphatic hydroxyl groups excluding tert-OH is 1. The number of benzene rings is 1. The zero-order chi connectivity index (χ0) is 22.1. The summed E-state index contributed by atoms with van der Waals surface area (Å²) >= 11 is 7.39. The first kappa shape index (κ1) is 24.6. The van der Waals surface area contributed by atoms with Gasteiger partial charge in [-0.15, -0.1) is 11.3 Å². The van der Waals surface area contributed by atoms with Crippen molar-refractivity contribution in [1.29, 1.82) is 0 Å². The van der Waals surface area contributed by atoms with E-state index in [1.165, 1.54) is 11.3 Å². The molecule has 0 spiro atoms. The van der Waals surface area contributed by atoms with E-state index in [1.54, 1.807) is 41.2 Å². The Morgan fingerprint density at radius 3 is 2.31 bits per heavy atom. The lowest BCUT2D eigenvalue weighted by atomic mass is 10.2. The van der Waals surface area contributed by atoms with Gasteiger partial charge in [0, 0.05) is 41.7 Å². The monoisotopic (exact) mass is 433 g/mol. The molecule has 5 nitrogen and oxygen atoms in total. The van der Waals surface area contributed by atoms with Crippen molar-refractivity contribution in [2.24, 2.45) is 0 Å². The molecule has 29 heavy (non-hydrogen) atoms. The fourth-order valence-electron chi connectivity index (χ4n) is 2.73. The predicted molar refractivity (Wildman–Crippen MR) is 126 cm³/mol. The second-order valence-corrected chi connectivity index (χ2v) is 7.18. The van der Waals surface area contributed by atoms with Crippen molar-refractivity contribution in [3.05, 3.63) is 68.4 Å². The molecule has 2 aromatic heterocycles. The zero-order valence-electron chi connectivity index (χ0n) is 17.7. The van der Waals surface area contributed by atoms with Crippen LogP contribution in [0.15, 0.2) is 48.0 Å². The number of hydrogen-bond donors (Lipinski definition) is 1. The number of aromatic nitrogens is 2. The van der Waals surface area contributed by atoms with Crippen molar-refractivity contribution in [2.45, 2.75) is 20.8 Å². The Morgan fingerprint density at radius 1 is 1.24 bits per heavy atom. The van der Waals surface area contributed by atoms with E-state index in [1.807, 2.05) is 45.8 Å². The predicted octanol–water partition coefficient (Wildman–Crippen LogP) is 3.39. The molecule has 0 amide bonds. The fraction of sp³-hybridized carbons (Fsp3) is 0.273. The molecule has 0 aliphatic carbocycles. The summed E-state index contributed by atoms with van der Waals surface area (Å²) in [7, 11) is 4.91. The summed E-state index contributed by atoms with van der Waals surface area (Å²) in [5.74, 6) is 0. The van der Waals surface area contributed by atoms with Crippen molar-refractivity contribution in [3.63, 3.8) is 0 Å². The lowest BCUT2D eigenvalue weighted by Gasteiger charge is -2.12. The molecular formula is C22H28ClN3O2S. The second kappa shape index (κ2) is 11.6. The Bertz CT molecular complexity index is 1130. The van der Waals surface area contributed by atoms with Gasteiger partial charge >= 0.3 is 0 Å². The normalized spacial score (nSPS) is 11.8. The first-order valence-electron chi connectivity index (χ1n) is 9.19. The third-order valence-corrected chi connectivity index (χ3v) is 5.41. The summed E-state index contributed by atoms with van der Waals surface area (Å²) in [6.07, 6.45) is 5.36. The fourth-order valence-corrected chi connectivity index (χ4v) is 3.93. The number of aliphatic hydroxyl groups is 1. The van der Waals surface area contributed by atoms with Crippen molar-refractivity contribution in [3.8, 4) is 5.69 Å².